The average Bonchev–Trinajstić information content (AvgIpc) is 2.80. The summed E-state index contributed by atoms with van der Waals surface area (Å²) in [5.41, 5.74) is 1.13. The Bertz CT molecular complexity index is 981. The normalized spacial score (nSPS) is 14.8. The lowest BCUT2D eigenvalue weighted by molar-refractivity contribution is -0.138. The van der Waals surface area contributed by atoms with Crippen LogP contribution in [-0.2, 0) is 6.18 Å². The monoisotopic (exact) mass is 460 g/mol. The lowest BCUT2D eigenvalue weighted by Crippen LogP contribution is -2.50. The van der Waals surface area contributed by atoms with E-state index in [1.54, 1.807) is 0 Å². The molecular formula is C25H24ClF3N2O. The first-order valence-electron chi connectivity index (χ1n) is 10.2. The molecule has 0 atom stereocenters. The molecule has 3 aromatic rings. The van der Waals surface area contributed by atoms with Gasteiger partial charge in [-0.1, -0.05) is 72.8 Å². The molecule has 1 aliphatic heterocycles. The van der Waals surface area contributed by atoms with Gasteiger partial charge in [-0.25, -0.2) is 0 Å². The number of hydrogen-bond acceptors (Lipinski definition) is 2. The molecule has 0 radical (unpaired) electrons. The SMILES string of the molecule is Cl.O=C(c1ccccc1C(F)(F)F)N1CCN(C(c2ccccc2)c2ccccc2)CC1. The summed E-state index contributed by atoms with van der Waals surface area (Å²) in [5, 5.41) is 0. The molecule has 0 spiro atoms. The number of benzene rings is 3. The first kappa shape index (κ1) is 23.8. The highest BCUT2D eigenvalue weighted by atomic mass is 35.5. The molecular weight excluding hydrogens is 437 g/mol. The van der Waals surface area contributed by atoms with Crippen LogP contribution in [-0.4, -0.2) is 41.9 Å². The summed E-state index contributed by atoms with van der Waals surface area (Å²) in [7, 11) is 0. The highest BCUT2D eigenvalue weighted by Crippen LogP contribution is 2.33. The molecule has 4 rings (SSSR count). The van der Waals surface area contributed by atoms with E-state index in [1.807, 2.05) is 36.4 Å². The number of carbonyl (C=O) groups excluding carboxylic acids is 1. The van der Waals surface area contributed by atoms with E-state index in [1.165, 1.54) is 23.1 Å². The molecule has 1 amide bonds. The van der Waals surface area contributed by atoms with Gasteiger partial charge >= 0.3 is 6.18 Å². The van der Waals surface area contributed by atoms with Gasteiger partial charge in [0.2, 0.25) is 0 Å². The van der Waals surface area contributed by atoms with Crippen LogP contribution in [0.1, 0.15) is 33.1 Å². The highest BCUT2D eigenvalue weighted by Gasteiger charge is 2.37. The van der Waals surface area contributed by atoms with Crippen LogP contribution in [0.5, 0.6) is 0 Å². The number of hydrogen-bond donors (Lipinski definition) is 0. The van der Waals surface area contributed by atoms with Crippen molar-refractivity contribution in [3.63, 3.8) is 0 Å². The van der Waals surface area contributed by atoms with Crippen molar-refractivity contribution in [1.82, 2.24) is 9.80 Å². The van der Waals surface area contributed by atoms with Crippen molar-refractivity contribution in [2.24, 2.45) is 0 Å². The van der Waals surface area contributed by atoms with Crippen LogP contribution in [0.2, 0.25) is 0 Å². The summed E-state index contributed by atoms with van der Waals surface area (Å²) >= 11 is 0. The highest BCUT2D eigenvalue weighted by molar-refractivity contribution is 5.96. The number of rotatable bonds is 4. The minimum Gasteiger partial charge on any atom is -0.336 e. The Balaban J connectivity index is 0.00000289. The summed E-state index contributed by atoms with van der Waals surface area (Å²) in [6, 6.07) is 25.3. The van der Waals surface area contributed by atoms with E-state index in [-0.39, 0.29) is 24.0 Å². The van der Waals surface area contributed by atoms with Gasteiger partial charge in [0, 0.05) is 26.2 Å². The third-order valence-electron chi connectivity index (χ3n) is 5.66. The van der Waals surface area contributed by atoms with E-state index in [2.05, 4.69) is 29.2 Å². The second-order valence-corrected chi connectivity index (χ2v) is 7.60. The van der Waals surface area contributed by atoms with E-state index in [0.717, 1.165) is 17.2 Å². The Morgan fingerprint density at radius 3 is 1.69 bits per heavy atom. The molecule has 3 nitrogen and oxygen atoms in total. The number of nitrogens with zero attached hydrogens (tertiary/aromatic N) is 2. The molecule has 1 heterocycles. The fraction of sp³-hybridized carbons (Fsp3) is 0.240. The molecule has 1 saturated heterocycles. The van der Waals surface area contributed by atoms with Gasteiger partial charge in [-0.05, 0) is 23.3 Å². The Morgan fingerprint density at radius 1 is 0.719 bits per heavy atom. The van der Waals surface area contributed by atoms with Gasteiger partial charge in [0.05, 0.1) is 17.2 Å². The standard InChI is InChI=1S/C25H23F3N2O.ClH/c26-25(27,28)22-14-8-7-13-21(22)24(31)30-17-15-29(16-18-30)23(19-9-3-1-4-10-19)20-11-5-2-6-12-20;/h1-14,23H,15-18H2;1H. The van der Waals surface area contributed by atoms with Crippen molar-refractivity contribution in [3.8, 4) is 0 Å². The van der Waals surface area contributed by atoms with Gasteiger partial charge in [-0.2, -0.15) is 13.2 Å². The van der Waals surface area contributed by atoms with Crippen molar-refractivity contribution >= 4 is 18.3 Å². The van der Waals surface area contributed by atoms with Crippen LogP contribution < -0.4 is 0 Å². The van der Waals surface area contributed by atoms with Gasteiger partial charge in [-0.15, -0.1) is 12.4 Å². The molecule has 0 saturated carbocycles. The van der Waals surface area contributed by atoms with E-state index in [4.69, 9.17) is 0 Å². The van der Waals surface area contributed by atoms with Gasteiger partial charge < -0.3 is 4.90 Å². The van der Waals surface area contributed by atoms with E-state index < -0.39 is 17.6 Å². The summed E-state index contributed by atoms with van der Waals surface area (Å²) in [4.78, 5) is 16.7. The third-order valence-corrected chi connectivity index (χ3v) is 5.66. The minimum absolute atomic E-state index is 0. The minimum atomic E-state index is -4.56. The predicted molar refractivity (Wildman–Crippen MR) is 121 cm³/mol. The van der Waals surface area contributed by atoms with Crippen LogP contribution >= 0.6 is 12.4 Å². The molecule has 0 bridgehead atoms. The van der Waals surface area contributed by atoms with Crippen LogP contribution in [0.4, 0.5) is 13.2 Å². The molecule has 0 aromatic heterocycles. The number of amides is 1. The number of piperazine rings is 1. The Labute approximate surface area is 191 Å². The van der Waals surface area contributed by atoms with Crippen molar-refractivity contribution in [2.45, 2.75) is 12.2 Å². The fourth-order valence-corrected chi connectivity index (χ4v) is 4.16. The molecule has 0 N–H and O–H groups in total. The molecule has 0 aliphatic carbocycles. The zero-order valence-electron chi connectivity index (χ0n) is 17.3. The van der Waals surface area contributed by atoms with Crippen LogP contribution in [0.15, 0.2) is 84.9 Å². The topological polar surface area (TPSA) is 23.6 Å². The molecule has 1 aliphatic rings. The largest absolute Gasteiger partial charge is 0.417 e. The second-order valence-electron chi connectivity index (χ2n) is 7.60. The smallest absolute Gasteiger partial charge is 0.336 e. The first-order valence-corrected chi connectivity index (χ1v) is 10.2. The maximum absolute atomic E-state index is 13.3. The van der Waals surface area contributed by atoms with Crippen LogP contribution in [0.25, 0.3) is 0 Å². The zero-order valence-corrected chi connectivity index (χ0v) is 18.1. The van der Waals surface area contributed by atoms with Gasteiger partial charge in [0.15, 0.2) is 0 Å². The van der Waals surface area contributed by atoms with Gasteiger partial charge in [-0.3, -0.25) is 9.69 Å². The molecule has 168 valence electrons. The molecule has 1 fully saturated rings. The van der Waals surface area contributed by atoms with Crippen molar-refractivity contribution in [2.75, 3.05) is 26.2 Å². The number of halogens is 4. The van der Waals surface area contributed by atoms with E-state index >= 15 is 0 Å². The van der Waals surface area contributed by atoms with Crippen LogP contribution in [0.3, 0.4) is 0 Å². The molecule has 0 unspecified atom stereocenters. The molecule has 32 heavy (non-hydrogen) atoms. The Hall–Kier alpha value is -2.83. The summed E-state index contributed by atoms with van der Waals surface area (Å²) < 4.78 is 40.0. The predicted octanol–water partition coefficient (Wildman–Crippen LogP) is 5.67. The summed E-state index contributed by atoms with van der Waals surface area (Å²) in [5.74, 6) is -0.566. The zero-order chi connectivity index (χ0) is 21.8. The second kappa shape index (κ2) is 10.2. The van der Waals surface area contributed by atoms with E-state index in [9.17, 15) is 18.0 Å². The van der Waals surface area contributed by atoms with E-state index in [0.29, 0.717) is 26.2 Å². The quantitative estimate of drug-likeness (QED) is 0.500. The van der Waals surface area contributed by atoms with Crippen molar-refractivity contribution < 1.29 is 18.0 Å². The Morgan fingerprint density at radius 2 is 1.19 bits per heavy atom. The average molecular weight is 461 g/mol. The van der Waals surface area contributed by atoms with Crippen molar-refractivity contribution in [1.29, 1.82) is 0 Å². The first-order chi connectivity index (χ1) is 14.9. The fourth-order valence-electron chi connectivity index (χ4n) is 4.16. The molecule has 3 aromatic carbocycles. The lowest BCUT2D eigenvalue weighted by Gasteiger charge is -2.40. The molecule has 7 heteroatoms. The van der Waals surface area contributed by atoms with Gasteiger partial charge in [0.1, 0.15) is 0 Å². The van der Waals surface area contributed by atoms with Crippen molar-refractivity contribution in [3.05, 3.63) is 107 Å². The van der Waals surface area contributed by atoms with Gasteiger partial charge in [0.25, 0.3) is 5.91 Å². The van der Waals surface area contributed by atoms with Crippen LogP contribution in [0, 0.1) is 0 Å². The Kier molecular flexibility index (Phi) is 7.59. The maximum Gasteiger partial charge on any atom is 0.417 e. The number of carbonyl (C=O) groups is 1. The maximum atomic E-state index is 13.3. The summed E-state index contributed by atoms with van der Waals surface area (Å²) in [6.07, 6.45) is -4.56. The number of alkyl halides is 3. The third kappa shape index (κ3) is 5.14. The lowest BCUT2D eigenvalue weighted by atomic mass is 9.96. The summed E-state index contributed by atoms with van der Waals surface area (Å²) in [6.45, 7) is 1.91.